The van der Waals surface area contributed by atoms with Crippen LogP contribution in [-0.4, -0.2) is 48.1 Å². The number of pyridine rings is 1. The van der Waals surface area contributed by atoms with E-state index in [0.717, 1.165) is 37.9 Å². The van der Waals surface area contributed by atoms with Gasteiger partial charge in [-0.3, -0.25) is 19.7 Å². The van der Waals surface area contributed by atoms with Gasteiger partial charge in [0.25, 0.3) is 11.8 Å². The molecule has 0 bridgehead atoms. The lowest BCUT2D eigenvalue weighted by atomic mass is 9.98. The van der Waals surface area contributed by atoms with Crippen LogP contribution in [0, 0.1) is 5.92 Å². The highest BCUT2D eigenvalue weighted by atomic mass is 16.2. The van der Waals surface area contributed by atoms with Crippen molar-refractivity contribution in [3.05, 3.63) is 36.2 Å². The molecule has 1 saturated heterocycles. The Kier molecular flexibility index (Phi) is 4.87. The Morgan fingerprint density at radius 3 is 2.64 bits per heavy atom. The maximum absolute atomic E-state index is 12.2. The van der Waals surface area contributed by atoms with E-state index in [4.69, 9.17) is 0 Å². The van der Waals surface area contributed by atoms with Gasteiger partial charge in [0.05, 0.1) is 11.9 Å². The number of hydrogen-bond acceptors (Lipinski definition) is 6. The minimum absolute atomic E-state index is 0.121. The van der Waals surface area contributed by atoms with Gasteiger partial charge in [-0.2, -0.15) is 0 Å². The second-order valence-electron chi connectivity index (χ2n) is 6.03. The molecular weight excluding hydrogens is 324 g/mol. The molecule has 0 saturated carbocycles. The van der Waals surface area contributed by atoms with Crippen molar-refractivity contribution >= 4 is 29.7 Å². The lowest BCUT2D eigenvalue weighted by molar-refractivity contribution is -0.129. The van der Waals surface area contributed by atoms with Gasteiger partial charge in [-0.05, 0) is 31.1 Å². The third-order valence-corrected chi connectivity index (χ3v) is 4.33. The molecule has 1 aromatic heterocycles. The number of aldehydes is 1. The summed E-state index contributed by atoms with van der Waals surface area (Å²) in [5.74, 6) is -1.45. The summed E-state index contributed by atoms with van der Waals surface area (Å²) >= 11 is 0. The third kappa shape index (κ3) is 3.90. The van der Waals surface area contributed by atoms with Crippen molar-refractivity contribution in [2.75, 3.05) is 18.0 Å². The highest BCUT2D eigenvalue weighted by molar-refractivity contribution is 6.08. The monoisotopic (exact) mass is 342 g/mol. The highest BCUT2D eigenvalue weighted by Crippen LogP contribution is 2.21. The number of imide groups is 1. The van der Waals surface area contributed by atoms with Crippen LogP contribution in [0.1, 0.15) is 23.3 Å². The van der Waals surface area contributed by atoms with E-state index in [1.165, 1.54) is 12.2 Å². The van der Waals surface area contributed by atoms with Crippen molar-refractivity contribution in [3.63, 3.8) is 0 Å². The lowest BCUT2D eigenvalue weighted by Gasteiger charge is -2.31. The molecule has 1 aromatic rings. The summed E-state index contributed by atoms with van der Waals surface area (Å²) in [6, 6.07) is 2.49. The van der Waals surface area contributed by atoms with Crippen LogP contribution in [0.2, 0.25) is 0 Å². The predicted molar refractivity (Wildman–Crippen MR) is 88.8 cm³/mol. The molecule has 1 fully saturated rings. The van der Waals surface area contributed by atoms with E-state index in [9.17, 15) is 19.2 Å². The zero-order valence-electron chi connectivity index (χ0n) is 13.5. The molecule has 3 heterocycles. The largest absolute Gasteiger partial charge is 0.370 e. The number of rotatable bonds is 4. The van der Waals surface area contributed by atoms with Gasteiger partial charge in [0.1, 0.15) is 18.0 Å². The Morgan fingerprint density at radius 1 is 1.28 bits per heavy atom. The van der Waals surface area contributed by atoms with Crippen LogP contribution in [0.15, 0.2) is 30.5 Å². The number of aromatic nitrogens is 1. The van der Waals surface area contributed by atoms with Crippen LogP contribution in [0.25, 0.3) is 0 Å². The lowest BCUT2D eigenvalue weighted by Crippen LogP contribution is -2.49. The summed E-state index contributed by atoms with van der Waals surface area (Å²) in [6.45, 7) is 1.55. The molecule has 3 amide bonds. The third-order valence-electron chi connectivity index (χ3n) is 4.33. The van der Waals surface area contributed by atoms with Crippen molar-refractivity contribution in [1.82, 2.24) is 15.6 Å². The van der Waals surface area contributed by atoms with Gasteiger partial charge < -0.3 is 15.0 Å². The molecule has 0 aromatic carbocycles. The molecule has 1 atom stereocenters. The minimum Gasteiger partial charge on any atom is -0.370 e. The van der Waals surface area contributed by atoms with E-state index in [1.807, 2.05) is 0 Å². The molecule has 25 heavy (non-hydrogen) atoms. The first-order valence-electron chi connectivity index (χ1n) is 8.07. The number of anilines is 1. The number of carbonyl (C=O) groups excluding carboxylic acids is 4. The van der Waals surface area contributed by atoms with Gasteiger partial charge >= 0.3 is 0 Å². The number of piperidine rings is 1. The summed E-state index contributed by atoms with van der Waals surface area (Å²) in [4.78, 5) is 51.9. The van der Waals surface area contributed by atoms with Gasteiger partial charge in [0.2, 0.25) is 5.91 Å². The normalized spacial score (nSPS) is 21.0. The van der Waals surface area contributed by atoms with Crippen LogP contribution < -0.4 is 15.5 Å². The molecule has 2 N–H and O–H groups in total. The second kappa shape index (κ2) is 7.25. The maximum atomic E-state index is 12.2. The van der Waals surface area contributed by atoms with Crippen LogP contribution >= 0.6 is 0 Å². The zero-order chi connectivity index (χ0) is 17.8. The Morgan fingerprint density at radius 2 is 2.04 bits per heavy atom. The minimum atomic E-state index is -0.894. The van der Waals surface area contributed by atoms with E-state index < -0.39 is 23.8 Å². The Bertz CT molecular complexity index is 721. The highest BCUT2D eigenvalue weighted by Gasteiger charge is 2.24. The van der Waals surface area contributed by atoms with Crippen molar-refractivity contribution in [1.29, 1.82) is 0 Å². The first-order chi connectivity index (χ1) is 12.1. The van der Waals surface area contributed by atoms with E-state index in [2.05, 4.69) is 20.5 Å². The van der Waals surface area contributed by atoms with Crippen molar-refractivity contribution < 1.29 is 19.2 Å². The number of nitrogens with one attached hydrogen (secondary N) is 2. The molecule has 2 aliphatic heterocycles. The molecule has 8 nitrogen and oxygen atoms in total. The van der Waals surface area contributed by atoms with Crippen LogP contribution in [-0.2, 0) is 14.4 Å². The quantitative estimate of drug-likeness (QED) is 0.580. The first-order valence-corrected chi connectivity index (χ1v) is 8.07. The molecule has 0 radical (unpaired) electrons. The van der Waals surface area contributed by atoms with Gasteiger partial charge in [-0.15, -0.1) is 0 Å². The van der Waals surface area contributed by atoms with Crippen molar-refractivity contribution in [2.24, 2.45) is 5.92 Å². The molecule has 1 unspecified atom stereocenters. The van der Waals surface area contributed by atoms with Gasteiger partial charge in [-0.25, -0.2) is 4.98 Å². The fourth-order valence-electron chi connectivity index (χ4n) is 2.84. The fourth-order valence-corrected chi connectivity index (χ4v) is 2.84. The standard InChI is InChI=1S/C17H18N4O4/c22-10-11-5-7-21(8-6-11)12-1-2-13(18-9-12)16(24)19-14-3-4-15(23)20-17(14)25/h1-4,9-11,14H,5-8H2,(H,19,24)(H,20,23,25). The summed E-state index contributed by atoms with van der Waals surface area (Å²) < 4.78 is 0. The number of carbonyl (C=O) groups is 4. The van der Waals surface area contributed by atoms with E-state index in [1.54, 1.807) is 18.3 Å². The summed E-state index contributed by atoms with van der Waals surface area (Å²) in [5.41, 5.74) is 1.08. The Balaban J connectivity index is 1.61. The van der Waals surface area contributed by atoms with Gasteiger partial charge in [-0.1, -0.05) is 0 Å². The molecule has 0 spiro atoms. The summed E-state index contributed by atoms with van der Waals surface area (Å²) in [5, 5.41) is 4.63. The smallest absolute Gasteiger partial charge is 0.270 e. The average molecular weight is 342 g/mol. The second-order valence-corrected chi connectivity index (χ2v) is 6.03. The molecular formula is C17H18N4O4. The summed E-state index contributed by atoms with van der Waals surface area (Å²) in [6.07, 6.45) is 6.78. The molecule has 130 valence electrons. The molecule has 2 aliphatic rings. The van der Waals surface area contributed by atoms with Gasteiger partial charge in [0.15, 0.2) is 0 Å². The van der Waals surface area contributed by atoms with Crippen molar-refractivity contribution in [3.8, 4) is 0 Å². The topological polar surface area (TPSA) is 108 Å². The summed E-state index contributed by atoms with van der Waals surface area (Å²) in [7, 11) is 0. The number of amides is 3. The zero-order valence-corrected chi connectivity index (χ0v) is 13.5. The number of nitrogens with zero attached hydrogens (tertiary/aromatic N) is 2. The molecule has 3 rings (SSSR count). The van der Waals surface area contributed by atoms with Crippen molar-refractivity contribution in [2.45, 2.75) is 18.9 Å². The molecule has 0 aliphatic carbocycles. The fraction of sp³-hybridized carbons (Fsp3) is 0.353. The Labute approximate surface area is 144 Å². The Hall–Kier alpha value is -3.03. The van der Waals surface area contributed by atoms with E-state index >= 15 is 0 Å². The van der Waals surface area contributed by atoms with Crippen LogP contribution in [0.4, 0.5) is 5.69 Å². The predicted octanol–water partition coefficient (Wildman–Crippen LogP) is -0.192. The SMILES string of the molecule is O=CC1CCN(c2ccc(C(=O)NC3C=CC(=O)NC3=O)nc2)CC1. The van der Waals surface area contributed by atoms with E-state index in [0.29, 0.717) is 0 Å². The average Bonchev–Trinajstić information content (AvgIpc) is 2.64. The first kappa shape index (κ1) is 16.8. The van der Waals surface area contributed by atoms with E-state index in [-0.39, 0.29) is 11.6 Å². The number of hydrogen-bond donors (Lipinski definition) is 2. The van der Waals surface area contributed by atoms with Crippen LogP contribution in [0.5, 0.6) is 0 Å². The van der Waals surface area contributed by atoms with Crippen LogP contribution in [0.3, 0.4) is 0 Å². The van der Waals surface area contributed by atoms with Gasteiger partial charge in [0, 0.05) is 25.1 Å². The maximum Gasteiger partial charge on any atom is 0.270 e. The molecule has 8 heteroatoms.